The highest BCUT2D eigenvalue weighted by Crippen LogP contribution is 2.31. The summed E-state index contributed by atoms with van der Waals surface area (Å²) >= 11 is 6.05. The van der Waals surface area contributed by atoms with Gasteiger partial charge in [-0.1, -0.05) is 54.9 Å². The smallest absolute Gasteiger partial charge is 0.325 e. The molecule has 1 amide bonds. The number of nitrogens with zero attached hydrogens (tertiary/aromatic N) is 2. The van der Waals surface area contributed by atoms with Gasteiger partial charge in [-0.2, -0.15) is 0 Å². The Bertz CT molecular complexity index is 1250. The van der Waals surface area contributed by atoms with Gasteiger partial charge in [-0.3, -0.25) is 9.59 Å². The van der Waals surface area contributed by atoms with Crippen molar-refractivity contribution < 1.29 is 14.3 Å². The van der Waals surface area contributed by atoms with E-state index in [1.807, 2.05) is 55.5 Å². The van der Waals surface area contributed by atoms with Crippen LogP contribution in [0.3, 0.4) is 0 Å². The maximum Gasteiger partial charge on any atom is 0.325 e. The number of ether oxygens (including phenoxy) is 1. The van der Waals surface area contributed by atoms with Gasteiger partial charge in [0.15, 0.2) is 0 Å². The van der Waals surface area contributed by atoms with Gasteiger partial charge in [-0.25, -0.2) is 4.98 Å². The predicted molar refractivity (Wildman–Crippen MR) is 133 cm³/mol. The Morgan fingerprint density at radius 2 is 1.55 bits per heavy atom. The zero-order chi connectivity index (χ0) is 23.4. The fourth-order valence-corrected chi connectivity index (χ4v) is 4.07. The molecule has 168 valence electrons. The molecule has 33 heavy (non-hydrogen) atoms. The molecule has 0 aliphatic heterocycles. The number of rotatable bonds is 7. The summed E-state index contributed by atoms with van der Waals surface area (Å²) in [7, 11) is 1.33. The third-order valence-corrected chi connectivity index (χ3v) is 5.84. The van der Waals surface area contributed by atoms with Crippen LogP contribution in [-0.4, -0.2) is 36.6 Å². The zero-order valence-corrected chi connectivity index (χ0v) is 19.2. The summed E-state index contributed by atoms with van der Waals surface area (Å²) in [5.74, 6) is -0.658. The number of halogens is 1. The number of esters is 1. The molecule has 1 heterocycles. The van der Waals surface area contributed by atoms with Crippen molar-refractivity contribution in [3.05, 3.63) is 77.8 Å². The van der Waals surface area contributed by atoms with E-state index < -0.39 is 12.0 Å². The van der Waals surface area contributed by atoms with E-state index >= 15 is 0 Å². The van der Waals surface area contributed by atoms with Crippen molar-refractivity contribution in [1.29, 1.82) is 0 Å². The highest BCUT2D eigenvalue weighted by Gasteiger charge is 2.28. The molecule has 0 spiro atoms. The number of aromatic nitrogens is 1. The molecule has 0 unspecified atom stereocenters. The number of anilines is 2. The number of benzene rings is 3. The van der Waals surface area contributed by atoms with Crippen LogP contribution in [0, 0.1) is 0 Å². The van der Waals surface area contributed by atoms with E-state index in [0.717, 1.165) is 21.8 Å². The molecule has 0 fully saturated rings. The molecule has 4 aromatic rings. The summed E-state index contributed by atoms with van der Waals surface area (Å²) in [6.07, 6.45) is 0.479. The fraction of sp³-hybridized carbons (Fsp3) is 0.192. The summed E-state index contributed by atoms with van der Waals surface area (Å²) in [6, 6.07) is 21.8. The van der Waals surface area contributed by atoms with E-state index in [0.29, 0.717) is 22.8 Å². The van der Waals surface area contributed by atoms with Gasteiger partial charge < -0.3 is 15.0 Å². The Kier molecular flexibility index (Phi) is 6.75. The Morgan fingerprint density at radius 1 is 0.970 bits per heavy atom. The van der Waals surface area contributed by atoms with Crippen molar-refractivity contribution in [2.45, 2.75) is 19.4 Å². The van der Waals surface area contributed by atoms with Crippen LogP contribution in [0.1, 0.15) is 13.3 Å². The minimum Gasteiger partial charge on any atom is -0.468 e. The Hall–Kier alpha value is -3.64. The molecule has 0 saturated heterocycles. The number of carbonyl (C=O) groups is 2. The maximum atomic E-state index is 13.6. The number of fused-ring (bicyclic) bond motifs is 2. The van der Waals surface area contributed by atoms with Crippen LogP contribution in [0.15, 0.2) is 72.8 Å². The first-order valence-corrected chi connectivity index (χ1v) is 11.1. The molecule has 3 aromatic carbocycles. The standard InChI is InChI=1S/C26H24ClN3O3/c1-3-23(30(16-24(31)33-2)18-14-12-17(27)13-15-18)26(32)29-25-19-8-4-6-10-21(19)28-22-11-7-5-9-20(22)25/h4-15,23H,3,16H2,1-2H3,(H,28,29,32)/t23-/m1/s1. The van der Waals surface area contributed by atoms with E-state index in [4.69, 9.17) is 21.3 Å². The molecule has 0 aliphatic rings. The minimum absolute atomic E-state index is 0.0676. The van der Waals surface area contributed by atoms with E-state index in [1.54, 1.807) is 29.2 Å². The third kappa shape index (κ3) is 4.76. The molecular weight excluding hydrogens is 438 g/mol. The molecule has 0 bridgehead atoms. The fourth-order valence-electron chi connectivity index (χ4n) is 3.95. The quantitative estimate of drug-likeness (QED) is 0.293. The van der Waals surface area contributed by atoms with Crippen molar-refractivity contribution in [2.75, 3.05) is 23.9 Å². The SMILES string of the molecule is CC[C@H](C(=O)Nc1c2ccccc2nc2ccccc12)N(CC(=O)OC)c1ccc(Cl)cc1. The summed E-state index contributed by atoms with van der Waals surface area (Å²) in [5, 5.41) is 5.41. The molecule has 4 rings (SSSR count). The number of hydrogen-bond acceptors (Lipinski definition) is 5. The van der Waals surface area contributed by atoms with Crippen LogP contribution in [0.4, 0.5) is 11.4 Å². The van der Waals surface area contributed by atoms with Gasteiger partial charge in [0.1, 0.15) is 12.6 Å². The lowest BCUT2D eigenvalue weighted by Crippen LogP contribution is -2.46. The summed E-state index contributed by atoms with van der Waals surface area (Å²) < 4.78 is 4.89. The molecular formula is C26H24ClN3O3. The number of nitrogens with one attached hydrogen (secondary N) is 1. The largest absolute Gasteiger partial charge is 0.468 e. The summed E-state index contributed by atoms with van der Waals surface area (Å²) in [6.45, 7) is 1.84. The van der Waals surface area contributed by atoms with Gasteiger partial charge in [0.2, 0.25) is 5.91 Å². The second kappa shape index (κ2) is 9.88. The predicted octanol–water partition coefficient (Wildman–Crippen LogP) is 5.44. The molecule has 0 radical (unpaired) electrons. The topological polar surface area (TPSA) is 71.5 Å². The van der Waals surface area contributed by atoms with E-state index in [9.17, 15) is 9.59 Å². The first kappa shape index (κ1) is 22.6. The highest BCUT2D eigenvalue weighted by molar-refractivity contribution is 6.30. The zero-order valence-electron chi connectivity index (χ0n) is 18.4. The monoisotopic (exact) mass is 461 g/mol. The van der Waals surface area contributed by atoms with E-state index in [-0.39, 0.29) is 12.5 Å². The number of para-hydroxylation sites is 2. The lowest BCUT2D eigenvalue weighted by molar-refractivity contribution is -0.139. The van der Waals surface area contributed by atoms with Crippen molar-refractivity contribution in [3.8, 4) is 0 Å². The van der Waals surface area contributed by atoms with Gasteiger partial charge >= 0.3 is 5.97 Å². The normalized spacial score (nSPS) is 11.8. The molecule has 6 nitrogen and oxygen atoms in total. The van der Waals surface area contributed by atoms with Gasteiger partial charge in [0.05, 0.1) is 23.8 Å². The van der Waals surface area contributed by atoms with Crippen molar-refractivity contribution in [2.24, 2.45) is 0 Å². The van der Waals surface area contributed by atoms with Crippen LogP contribution in [-0.2, 0) is 14.3 Å². The lowest BCUT2D eigenvalue weighted by Gasteiger charge is -2.31. The van der Waals surface area contributed by atoms with Gasteiger partial charge in [-0.15, -0.1) is 0 Å². The summed E-state index contributed by atoms with van der Waals surface area (Å²) in [4.78, 5) is 32.3. The lowest BCUT2D eigenvalue weighted by atomic mass is 10.1. The number of hydrogen-bond donors (Lipinski definition) is 1. The number of amides is 1. The molecule has 0 saturated carbocycles. The van der Waals surface area contributed by atoms with Crippen molar-refractivity contribution >= 4 is 56.7 Å². The van der Waals surface area contributed by atoms with Gasteiger partial charge in [0, 0.05) is 21.5 Å². The highest BCUT2D eigenvalue weighted by atomic mass is 35.5. The maximum absolute atomic E-state index is 13.6. The Balaban J connectivity index is 1.75. The number of carbonyl (C=O) groups excluding carboxylic acids is 2. The van der Waals surface area contributed by atoms with Crippen molar-refractivity contribution in [3.63, 3.8) is 0 Å². The average Bonchev–Trinajstić information content (AvgIpc) is 2.84. The third-order valence-electron chi connectivity index (χ3n) is 5.59. The van der Waals surface area contributed by atoms with Crippen LogP contribution in [0.25, 0.3) is 21.8 Å². The van der Waals surface area contributed by atoms with Crippen molar-refractivity contribution in [1.82, 2.24) is 4.98 Å². The summed E-state index contributed by atoms with van der Waals surface area (Å²) in [5.41, 5.74) is 3.00. The molecule has 1 N–H and O–H groups in total. The number of pyridine rings is 1. The average molecular weight is 462 g/mol. The second-order valence-corrected chi connectivity index (χ2v) is 8.05. The first-order chi connectivity index (χ1) is 16.0. The molecule has 1 atom stereocenters. The van der Waals surface area contributed by atoms with Crippen LogP contribution >= 0.6 is 11.6 Å². The van der Waals surface area contributed by atoms with Crippen LogP contribution < -0.4 is 10.2 Å². The second-order valence-electron chi connectivity index (χ2n) is 7.61. The van der Waals surface area contributed by atoms with E-state index in [2.05, 4.69) is 5.32 Å². The molecule has 7 heteroatoms. The number of methoxy groups -OCH3 is 1. The first-order valence-electron chi connectivity index (χ1n) is 10.7. The van der Waals surface area contributed by atoms with Gasteiger partial charge in [0.25, 0.3) is 0 Å². The minimum atomic E-state index is -0.615. The molecule has 1 aromatic heterocycles. The molecule has 0 aliphatic carbocycles. The van der Waals surface area contributed by atoms with Crippen LogP contribution in [0.5, 0.6) is 0 Å². The van der Waals surface area contributed by atoms with Gasteiger partial charge in [-0.05, 0) is 42.8 Å². The Labute approximate surface area is 197 Å². The Morgan fingerprint density at radius 3 is 2.09 bits per heavy atom. The van der Waals surface area contributed by atoms with E-state index in [1.165, 1.54) is 7.11 Å². The van der Waals surface area contributed by atoms with Crippen LogP contribution in [0.2, 0.25) is 5.02 Å².